The Bertz CT molecular complexity index is 1530. The van der Waals surface area contributed by atoms with Crippen molar-refractivity contribution in [1.82, 2.24) is 15.1 Å². The minimum atomic E-state index is -0.651. The summed E-state index contributed by atoms with van der Waals surface area (Å²) in [4.78, 5) is 26.9. The van der Waals surface area contributed by atoms with Crippen LogP contribution in [0.1, 0.15) is 25.1 Å². The maximum Gasteiger partial charge on any atom is 0.243 e. The third kappa shape index (κ3) is 4.88. The summed E-state index contributed by atoms with van der Waals surface area (Å²) in [5.41, 5.74) is 2.97. The van der Waals surface area contributed by atoms with Crippen molar-refractivity contribution in [3.63, 3.8) is 0 Å². The van der Waals surface area contributed by atoms with Crippen molar-refractivity contribution in [2.45, 2.75) is 25.8 Å². The van der Waals surface area contributed by atoms with Gasteiger partial charge in [-0.25, -0.2) is 14.4 Å². The van der Waals surface area contributed by atoms with Gasteiger partial charge in [-0.05, 0) is 62.4 Å². The quantitative estimate of drug-likeness (QED) is 0.368. The van der Waals surface area contributed by atoms with Crippen molar-refractivity contribution < 1.29 is 18.4 Å². The van der Waals surface area contributed by atoms with Crippen LogP contribution < -0.4 is 10.1 Å². The van der Waals surface area contributed by atoms with E-state index in [0.717, 1.165) is 11.3 Å². The van der Waals surface area contributed by atoms with Gasteiger partial charge in [-0.3, -0.25) is 15.1 Å². The number of nitrogens with zero attached hydrogens (tertiary/aromatic N) is 4. The summed E-state index contributed by atoms with van der Waals surface area (Å²) in [5.74, 6) is 0.261. The van der Waals surface area contributed by atoms with Crippen LogP contribution in [0.5, 0.6) is 5.75 Å². The molecule has 37 heavy (non-hydrogen) atoms. The number of carbonyl (C=O) groups is 1. The lowest BCUT2D eigenvalue weighted by molar-refractivity contribution is -0.115. The van der Waals surface area contributed by atoms with Crippen LogP contribution in [0.4, 0.5) is 10.3 Å². The number of aromatic nitrogens is 3. The number of halogens is 1. The zero-order valence-corrected chi connectivity index (χ0v) is 20.5. The van der Waals surface area contributed by atoms with Crippen LogP contribution in [0.25, 0.3) is 22.6 Å². The Labute approximate surface area is 212 Å². The van der Waals surface area contributed by atoms with Crippen LogP contribution in [0.3, 0.4) is 0 Å². The zero-order chi connectivity index (χ0) is 26.0. The topological polar surface area (TPSA) is 102 Å². The Kier molecular flexibility index (Phi) is 6.35. The highest BCUT2D eigenvalue weighted by Crippen LogP contribution is 2.38. The lowest BCUT2D eigenvalue weighted by Crippen LogP contribution is -2.17. The average Bonchev–Trinajstić information content (AvgIpc) is 3.48. The number of ether oxygens (including phenoxy) is 1. The van der Waals surface area contributed by atoms with Crippen LogP contribution in [-0.2, 0) is 16.8 Å². The van der Waals surface area contributed by atoms with E-state index < -0.39 is 5.54 Å². The minimum Gasteiger partial charge on any atom is -0.496 e. The molecular formula is C28H24FN5O3. The summed E-state index contributed by atoms with van der Waals surface area (Å²) in [5, 5.41) is 6.98. The van der Waals surface area contributed by atoms with Gasteiger partial charge in [-0.1, -0.05) is 23.4 Å². The van der Waals surface area contributed by atoms with E-state index in [-0.39, 0.29) is 24.0 Å². The number of allylic oxidation sites excluding steroid dienone is 1. The molecule has 2 aromatic heterocycles. The third-order valence-electron chi connectivity index (χ3n) is 6.06. The summed E-state index contributed by atoms with van der Waals surface area (Å²) in [6, 6.07) is 14.9. The Balaban J connectivity index is 1.55. The van der Waals surface area contributed by atoms with Crippen molar-refractivity contribution >= 4 is 17.5 Å². The summed E-state index contributed by atoms with van der Waals surface area (Å²) < 4.78 is 24.6. The fourth-order valence-corrected chi connectivity index (χ4v) is 4.21. The van der Waals surface area contributed by atoms with Gasteiger partial charge in [-0.2, -0.15) is 0 Å². The van der Waals surface area contributed by atoms with Gasteiger partial charge < -0.3 is 9.26 Å². The van der Waals surface area contributed by atoms with E-state index in [0.29, 0.717) is 34.1 Å². The lowest BCUT2D eigenvalue weighted by Gasteiger charge is -2.18. The fraction of sp³-hybridized carbons (Fsp3) is 0.179. The lowest BCUT2D eigenvalue weighted by atomic mass is 9.99. The molecule has 0 bridgehead atoms. The molecule has 8 nitrogen and oxygen atoms in total. The molecule has 1 aliphatic heterocycles. The molecule has 4 aromatic rings. The second-order valence-corrected chi connectivity index (χ2v) is 8.78. The molecule has 3 heterocycles. The largest absolute Gasteiger partial charge is 0.496 e. The summed E-state index contributed by atoms with van der Waals surface area (Å²) >= 11 is 0. The molecular weight excluding hydrogens is 473 g/mol. The molecule has 0 fully saturated rings. The fourth-order valence-electron chi connectivity index (χ4n) is 4.21. The monoisotopic (exact) mass is 497 g/mol. The van der Waals surface area contributed by atoms with Gasteiger partial charge in [-0.15, -0.1) is 0 Å². The van der Waals surface area contributed by atoms with Crippen molar-refractivity contribution in [2.24, 2.45) is 4.99 Å². The van der Waals surface area contributed by atoms with Gasteiger partial charge in [0.25, 0.3) is 0 Å². The molecule has 186 valence electrons. The van der Waals surface area contributed by atoms with E-state index in [4.69, 9.17) is 19.2 Å². The first-order valence-electron chi connectivity index (χ1n) is 11.6. The highest BCUT2D eigenvalue weighted by molar-refractivity contribution is 5.97. The molecule has 2 aromatic carbocycles. The number of anilines is 1. The van der Waals surface area contributed by atoms with Gasteiger partial charge in [0.05, 0.1) is 19.2 Å². The maximum absolute atomic E-state index is 13.6. The van der Waals surface area contributed by atoms with E-state index in [2.05, 4.69) is 15.5 Å². The number of carbonyl (C=O) groups excluding carboxylic acids is 1. The first-order valence-corrected chi connectivity index (χ1v) is 11.6. The highest BCUT2D eigenvalue weighted by atomic mass is 19.1. The molecule has 0 spiro atoms. The van der Waals surface area contributed by atoms with Crippen LogP contribution in [0, 0.1) is 5.82 Å². The summed E-state index contributed by atoms with van der Waals surface area (Å²) in [6.07, 6.45) is 5.59. The van der Waals surface area contributed by atoms with Crippen LogP contribution in [-0.4, -0.2) is 33.9 Å². The van der Waals surface area contributed by atoms with E-state index in [1.807, 2.05) is 44.2 Å². The normalized spacial score (nSPS) is 16.5. The molecule has 0 saturated carbocycles. The van der Waals surface area contributed by atoms with E-state index in [1.165, 1.54) is 12.1 Å². The molecule has 1 amide bonds. The first kappa shape index (κ1) is 24.1. The van der Waals surface area contributed by atoms with Crippen molar-refractivity contribution in [3.05, 3.63) is 90.0 Å². The van der Waals surface area contributed by atoms with Gasteiger partial charge in [0.15, 0.2) is 5.82 Å². The predicted molar refractivity (Wildman–Crippen MR) is 138 cm³/mol. The smallest absolute Gasteiger partial charge is 0.243 e. The molecule has 0 saturated heterocycles. The molecule has 1 atom stereocenters. The number of rotatable bonds is 7. The number of amides is 1. The van der Waals surface area contributed by atoms with Crippen molar-refractivity contribution in [3.8, 4) is 28.4 Å². The van der Waals surface area contributed by atoms with Crippen molar-refractivity contribution in [1.29, 1.82) is 0 Å². The third-order valence-corrected chi connectivity index (χ3v) is 6.06. The SMILES string of the molecule is COc1ccccc1CC(=O)Nc1onc(-c2ccc(F)cc2)c1-c1nccc(C2(C)C=CC(C)=N2)n1. The number of aliphatic imine (C=N–C) groups is 1. The van der Waals surface area contributed by atoms with E-state index in [9.17, 15) is 9.18 Å². The van der Waals surface area contributed by atoms with E-state index in [1.54, 1.807) is 37.6 Å². The summed E-state index contributed by atoms with van der Waals surface area (Å²) in [6.45, 7) is 3.88. The Morgan fingerprint density at radius 2 is 1.92 bits per heavy atom. The van der Waals surface area contributed by atoms with Crippen LogP contribution in [0.2, 0.25) is 0 Å². The Morgan fingerprint density at radius 1 is 1.14 bits per heavy atom. The second kappa shape index (κ2) is 9.77. The number of hydrogen-bond acceptors (Lipinski definition) is 7. The standard InChI is InChI=1S/C28H24FN5O3/c1-17-12-14-28(2,33-17)22-13-15-30-26(31-22)24-25(18-8-10-20(29)11-9-18)34-37-27(24)32-23(35)16-19-6-4-5-7-21(19)36-3/h4-15H,16H2,1-3H3,(H,32,35). The number of nitrogens with one attached hydrogen (secondary N) is 1. The van der Waals surface area contributed by atoms with Crippen LogP contribution >= 0.6 is 0 Å². The Hall–Kier alpha value is -4.66. The number of benzene rings is 2. The molecule has 9 heteroatoms. The molecule has 5 rings (SSSR count). The van der Waals surface area contributed by atoms with Gasteiger partial charge >= 0.3 is 0 Å². The predicted octanol–water partition coefficient (Wildman–Crippen LogP) is 5.37. The number of para-hydroxylation sites is 1. The number of hydrogen-bond donors (Lipinski definition) is 1. The van der Waals surface area contributed by atoms with E-state index >= 15 is 0 Å². The minimum absolute atomic E-state index is 0.0494. The zero-order valence-electron chi connectivity index (χ0n) is 20.5. The van der Waals surface area contributed by atoms with Crippen LogP contribution in [0.15, 0.2) is 82.5 Å². The molecule has 0 aliphatic carbocycles. The van der Waals surface area contributed by atoms with Crippen molar-refractivity contribution in [2.75, 3.05) is 12.4 Å². The average molecular weight is 498 g/mol. The number of methoxy groups -OCH3 is 1. The highest BCUT2D eigenvalue weighted by Gasteiger charge is 2.30. The molecule has 0 radical (unpaired) electrons. The molecule has 1 aliphatic rings. The van der Waals surface area contributed by atoms with Gasteiger partial charge in [0.2, 0.25) is 11.8 Å². The first-order chi connectivity index (χ1) is 17.9. The maximum atomic E-state index is 13.6. The van der Waals surface area contributed by atoms with Gasteiger partial charge in [0, 0.05) is 23.0 Å². The summed E-state index contributed by atoms with van der Waals surface area (Å²) in [7, 11) is 1.55. The second-order valence-electron chi connectivity index (χ2n) is 8.78. The Morgan fingerprint density at radius 3 is 2.65 bits per heavy atom. The molecule has 1 N–H and O–H groups in total. The molecule has 1 unspecified atom stereocenters. The van der Waals surface area contributed by atoms with Gasteiger partial charge in [0.1, 0.15) is 28.4 Å².